The van der Waals surface area contributed by atoms with Crippen LogP contribution in [-0.4, -0.2) is 0 Å². The van der Waals surface area contributed by atoms with Crippen molar-refractivity contribution in [3.63, 3.8) is 0 Å². The first-order valence-electron chi connectivity index (χ1n) is 8.96. The molecule has 0 saturated carbocycles. The zero-order valence-electron chi connectivity index (χ0n) is 14.4. The van der Waals surface area contributed by atoms with Crippen molar-refractivity contribution >= 4 is 21.5 Å². The molecule has 5 rings (SSSR count). The maximum absolute atomic E-state index is 2.29. The summed E-state index contributed by atoms with van der Waals surface area (Å²) >= 11 is 0. The van der Waals surface area contributed by atoms with Crippen molar-refractivity contribution in [1.29, 1.82) is 0 Å². The van der Waals surface area contributed by atoms with Gasteiger partial charge in [0.2, 0.25) is 0 Å². The number of hydrogen-bond donors (Lipinski definition) is 0. The molecular formula is C26H18. The molecule has 0 aliphatic heterocycles. The third-order valence-electron chi connectivity index (χ3n) is 5.07. The first-order valence-corrected chi connectivity index (χ1v) is 8.96. The molecule has 5 aromatic carbocycles. The van der Waals surface area contributed by atoms with Crippen LogP contribution in [0.1, 0.15) is 0 Å². The maximum atomic E-state index is 2.29. The van der Waals surface area contributed by atoms with Gasteiger partial charge < -0.3 is 0 Å². The summed E-state index contributed by atoms with van der Waals surface area (Å²) in [6.45, 7) is 0. The highest BCUT2D eigenvalue weighted by Crippen LogP contribution is 2.34. The molecule has 26 heavy (non-hydrogen) atoms. The number of hydrogen-bond acceptors (Lipinski definition) is 0. The first-order chi connectivity index (χ1) is 12.9. The lowest BCUT2D eigenvalue weighted by Crippen LogP contribution is -1.84. The average Bonchev–Trinajstić information content (AvgIpc) is 2.74. The van der Waals surface area contributed by atoms with E-state index in [4.69, 9.17) is 0 Å². The highest BCUT2D eigenvalue weighted by Gasteiger charge is 2.07. The predicted octanol–water partition coefficient (Wildman–Crippen LogP) is 7.33. The molecule has 0 heterocycles. The third-order valence-corrected chi connectivity index (χ3v) is 5.07. The monoisotopic (exact) mass is 330 g/mol. The van der Waals surface area contributed by atoms with Crippen molar-refractivity contribution in [1.82, 2.24) is 0 Å². The fraction of sp³-hybridized carbons (Fsp3) is 0. The molecule has 0 N–H and O–H groups in total. The first kappa shape index (κ1) is 14.9. The Morgan fingerprint density at radius 2 is 1.04 bits per heavy atom. The minimum Gasteiger partial charge on any atom is -0.0622 e. The second-order valence-electron chi connectivity index (χ2n) is 6.63. The summed E-state index contributed by atoms with van der Waals surface area (Å²) in [5.74, 6) is 0. The molecule has 122 valence electrons. The Labute approximate surface area is 153 Å². The summed E-state index contributed by atoms with van der Waals surface area (Å²) in [5, 5.41) is 5.20. The highest BCUT2D eigenvalue weighted by molar-refractivity contribution is 6.12. The van der Waals surface area contributed by atoms with Gasteiger partial charge in [0.1, 0.15) is 0 Å². The average molecular weight is 330 g/mol. The fourth-order valence-electron chi connectivity index (χ4n) is 3.78. The molecule has 0 atom stereocenters. The van der Waals surface area contributed by atoms with Crippen molar-refractivity contribution in [2.45, 2.75) is 0 Å². The predicted molar refractivity (Wildman–Crippen MR) is 112 cm³/mol. The van der Waals surface area contributed by atoms with E-state index in [0.29, 0.717) is 0 Å². The van der Waals surface area contributed by atoms with Gasteiger partial charge in [-0.2, -0.15) is 0 Å². The van der Waals surface area contributed by atoms with Crippen LogP contribution in [-0.2, 0) is 0 Å². The normalized spacial score (nSPS) is 11.1. The van der Waals surface area contributed by atoms with Crippen molar-refractivity contribution in [2.75, 3.05) is 0 Å². The van der Waals surface area contributed by atoms with E-state index in [1.807, 2.05) is 0 Å². The maximum Gasteiger partial charge on any atom is -0.00990 e. The van der Waals surface area contributed by atoms with E-state index < -0.39 is 0 Å². The van der Waals surface area contributed by atoms with Crippen LogP contribution in [0.25, 0.3) is 43.8 Å². The van der Waals surface area contributed by atoms with E-state index in [9.17, 15) is 0 Å². The second-order valence-corrected chi connectivity index (χ2v) is 6.63. The van der Waals surface area contributed by atoms with E-state index in [-0.39, 0.29) is 0 Å². The lowest BCUT2D eigenvalue weighted by molar-refractivity contribution is 1.64. The van der Waals surface area contributed by atoms with Crippen LogP contribution in [0, 0.1) is 0 Å². The molecule has 0 nitrogen and oxygen atoms in total. The van der Waals surface area contributed by atoms with E-state index in [2.05, 4.69) is 109 Å². The second kappa shape index (κ2) is 6.16. The lowest BCUT2D eigenvalue weighted by atomic mass is 9.93. The van der Waals surface area contributed by atoms with Crippen molar-refractivity contribution in [2.24, 2.45) is 0 Å². The fourth-order valence-corrected chi connectivity index (χ4v) is 3.78. The summed E-state index contributed by atoms with van der Waals surface area (Å²) in [6, 6.07) is 39.1. The van der Waals surface area contributed by atoms with Crippen LogP contribution < -0.4 is 0 Å². The summed E-state index contributed by atoms with van der Waals surface area (Å²) in [6.07, 6.45) is 0. The highest BCUT2D eigenvalue weighted by atomic mass is 14.1. The largest absolute Gasteiger partial charge is 0.0622 e. The van der Waals surface area contributed by atoms with Gasteiger partial charge in [-0.3, -0.25) is 0 Å². The van der Waals surface area contributed by atoms with Gasteiger partial charge in [-0.05, 0) is 49.9 Å². The Bertz CT molecular complexity index is 1200. The minimum atomic E-state index is 1.26. The van der Waals surface area contributed by atoms with Gasteiger partial charge in [0.15, 0.2) is 0 Å². The summed E-state index contributed by atoms with van der Waals surface area (Å²) in [4.78, 5) is 0. The number of benzene rings is 5. The van der Waals surface area contributed by atoms with E-state index in [1.165, 1.54) is 43.8 Å². The van der Waals surface area contributed by atoms with Crippen LogP contribution in [0.5, 0.6) is 0 Å². The zero-order valence-corrected chi connectivity index (χ0v) is 14.4. The molecular weight excluding hydrogens is 312 g/mol. The lowest BCUT2D eigenvalue weighted by Gasteiger charge is -2.11. The molecule has 0 unspecified atom stereocenters. The van der Waals surface area contributed by atoms with Crippen LogP contribution in [0.4, 0.5) is 0 Å². The summed E-state index contributed by atoms with van der Waals surface area (Å²) in [5.41, 5.74) is 5.07. The molecule has 0 aliphatic carbocycles. The van der Waals surface area contributed by atoms with Gasteiger partial charge in [-0.25, -0.2) is 0 Å². The summed E-state index contributed by atoms with van der Waals surface area (Å²) < 4.78 is 0. The minimum absolute atomic E-state index is 1.26. The zero-order chi connectivity index (χ0) is 17.3. The Morgan fingerprint density at radius 3 is 1.81 bits per heavy atom. The Morgan fingerprint density at radius 1 is 0.346 bits per heavy atom. The molecule has 0 saturated heterocycles. The van der Waals surface area contributed by atoms with Crippen LogP contribution in [0.2, 0.25) is 0 Å². The molecule has 0 bridgehead atoms. The standard InChI is InChI=1S/C26H18/c1-3-8-19(9-4-1)21-14-16-24-22(18-21)15-17-26-23(12-7-13-25(24)26)20-10-5-2-6-11-20/h1-18H. The van der Waals surface area contributed by atoms with Crippen LogP contribution in [0.3, 0.4) is 0 Å². The molecule has 5 aromatic rings. The Hall–Kier alpha value is -3.38. The van der Waals surface area contributed by atoms with E-state index in [1.54, 1.807) is 0 Å². The van der Waals surface area contributed by atoms with Gasteiger partial charge in [0, 0.05) is 0 Å². The van der Waals surface area contributed by atoms with E-state index >= 15 is 0 Å². The molecule has 0 aliphatic rings. The van der Waals surface area contributed by atoms with Gasteiger partial charge >= 0.3 is 0 Å². The SMILES string of the molecule is c1ccc(-c2ccc3c(ccc4c(-c5ccccc5)cccc43)c2)cc1. The third kappa shape index (κ3) is 2.48. The van der Waals surface area contributed by atoms with Gasteiger partial charge in [-0.15, -0.1) is 0 Å². The van der Waals surface area contributed by atoms with Crippen molar-refractivity contribution in [3.8, 4) is 22.3 Å². The molecule has 0 fully saturated rings. The van der Waals surface area contributed by atoms with Gasteiger partial charge in [0.05, 0.1) is 0 Å². The smallest absolute Gasteiger partial charge is 0.00990 e. The molecule has 0 radical (unpaired) electrons. The Balaban J connectivity index is 1.74. The van der Waals surface area contributed by atoms with Crippen molar-refractivity contribution < 1.29 is 0 Å². The quantitative estimate of drug-likeness (QED) is 0.297. The number of fused-ring (bicyclic) bond motifs is 3. The van der Waals surface area contributed by atoms with Gasteiger partial charge in [0.25, 0.3) is 0 Å². The van der Waals surface area contributed by atoms with Crippen molar-refractivity contribution in [3.05, 3.63) is 109 Å². The number of rotatable bonds is 2. The summed E-state index contributed by atoms with van der Waals surface area (Å²) in [7, 11) is 0. The topological polar surface area (TPSA) is 0 Å². The molecule has 0 aromatic heterocycles. The molecule has 0 spiro atoms. The van der Waals surface area contributed by atoms with E-state index in [0.717, 1.165) is 0 Å². The van der Waals surface area contributed by atoms with Crippen LogP contribution >= 0.6 is 0 Å². The van der Waals surface area contributed by atoms with Gasteiger partial charge in [-0.1, -0.05) is 103 Å². The Kier molecular flexibility index (Phi) is 3.54. The molecule has 0 amide bonds. The molecule has 0 heteroatoms. The van der Waals surface area contributed by atoms with Crippen LogP contribution in [0.15, 0.2) is 109 Å².